The smallest absolute Gasteiger partial charge is 0.255 e. The summed E-state index contributed by atoms with van der Waals surface area (Å²) in [6, 6.07) is 2.92. The Morgan fingerprint density at radius 1 is 1.37 bits per heavy atom. The monoisotopic (exact) mass is 267 g/mol. The third-order valence-corrected chi connectivity index (χ3v) is 2.61. The third kappa shape index (κ3) is 3.51. The minimum Gasteiger partial charge on any atom is -0.508 e. The fourth-order valence-electron chi connectivity index (χ4n) is 1.57. The third-order valence-electron chi connectivity index (χ3n) is 2.61. The van der Waals surface area contributed by atoms with Crippen molar-refractivity contribution in [1.82, 2.24) is 5.32 Å². The number of aromatic hydroxyl groups is 2. The maximum Gasteiger partial charge on any atom is 0.255 e. The van der Waals surface area contributed by atoms with Crippen LogP contribution < -0.4 is 11.1 Å². The van der Waals surface area contributed by atoms with Gasteiger partial charge < -0.3 is 26.5 Å². The molecule has 0 saturated carbocycles. The van der Waals surface area contributed by atoms with Gasteiger partial charge in [0.05, 0.1) is 11.6 Å². The quantitative estimate of drug-likeness (QED) is 0.179. The van der Waals surface area contributed by atoms with Crippen LogP contribution in [0.3, 0.4) is 0 Å². The van der Waals surface area contributed by atoms with Crippen molar-refractivity contribution in [3.05, 3.63) is 23.8 Å². The molecule has 0 aromatic heterocycles. The molecular weight excluding hydrogens is 250 g/mol. The van der Waals surface area contributed by atoms with Crippen LogP contribution in [-0.4, -0.2) is 33.2 Å². The summed E-state index contributed by atoms with van der Waals surface area (Å²) in [5, 5.41) is 32.9. The maximum absolute atomic E-state index is 12.0. The molecule has 1 aromatic carbocycles. The summed E-state index contributed by atoms with van der Waals surface area (Å²) in [5.74, 6) is -1.29. The fraction of sp³-hybridized carbons (Fsp3) is 0.333. The van der Waals surface area contributed by atoms with Gasteiger partial charge in [-0.05, 0) is 24.1 Å². The molecule has 0 aliphatic heterocycles. The summed E-state index contributed by atoms with van der Waals surface area (Å²) < 4.78 is 0. The molecule has 1 atom stereocenters. The molecule has 0 saturated heterocycles. The Bertz CT molecular complexity index is 500. The molecule has 0 aliphatic carbocycles. The van der Waals surface area contributed by atoms with Crippen molar-refractivity contribution < 1.29 is 20.2 Å². The Hall–Kier alpha value is -2.44. The number of nitrogens with zero attached hydrogens (tertiary/aromatic N) is 1. The predicted molar refractivity (Wildman–Crippen MR) is 69.3 cm³/mol. The molecule has 1 amide bonds. The van der Waals surface area contributed by atoms with Crippen LogP contribution >= 0.6 is 0 Å². The molecule has 0 bridgehead atoms. The Balaban J connectivity index is 2.97. The molecule has 0 spiro atoms. The van der Waals surface area contributed by atoms with Crippen molar-refractivity contribution in [3.8, 4) is 11.5 Å². The zero-order valence-electron chi connectivity index (χ0n) is 10.7. The van der Waals surface area contributed by atoms with E-state index in [1.807, 2.05) is 0 Å². The number of benzene rings is 1. The van der Waals surface area contributed by atoms with E-state index in [1.54, 1.807) is 13.8 Å². The van der Waals surface area contributed by atoms with E-state index >= 15 is 0 Å². The molecule has 0 heterocycles. The number of carbonyl (C=O) groups is 1. The van der Waals surface area contributed by atoms with Gasteiger partial charge >= 0.3 is 0 Å². The van der Waals surface area contributed by atoms with Crippen LogP contribution in [0.1, 0.15) is 24.2 Å². The lowest BCUT2D eigenvalue weighted by molar-refractivity contribution is 0.0935. The summed E-state index contributed by atoms with van der Waals surface area (Å²) in [5.41, 5.74) is 5.40. The SMILES string of the molecule is CC(C)C(NC(=O)c1cc(O)ccc1O)/C(N)=N/O. The molecule has 1 rings (SSSR count). The summed E-state index contributed by atoms with van der Waals surface area (Å²) in [6.07, 6.45) is 0. The second-order valence-electron chi connectivity index (χ2n) is 4.42. The van der Waals surface area contributed by atoms with Crippen LogP contribution in [0.15, 0.2) is 23.4 Å². The molecule has 19 heavy (non-hydrogen) atoms. The van der Waals surface area contributed by atoms with Gasteiger partial charge in [0.15, 0.2) is 5.84 Å². The lowest BCUT2D eigenvalue weighted by atomic mass is 10.0. The highest BCUT2D eigenvalue weighted by atomic mass is 16.4. The molecular formula is C12H17N3O4. The van der Waals surface area contributed by atoms with E-state index in [2.05, 4.69) is 10.5 Å². The van der Waals surface area contributed by atoms with E-state index in [1.165, 1.54) is 12.1 Å². The van der Waals surface area contributed by atoms with E-state index in [0.29, 0.717) is 0 Å². The van der Waals surface area contributed by atoms with Gasteiger partial charge in [0, 0.05) is 0 Å². The zero-order chi connectivity index (χ0) is 14.6. The number of rotatable bonds is 4. The average Bonchev–Trinajstić information content (AvgIpc) is 2.37. The van der Waals surface area contributed by atoms with Crippen LogP contribution in [-0.2, 0) is 0 Å². The fourth-order valence-corrected chi connectivity index (χ4v) is 1.57. The molecule has 7 nitrogen and oxygen atoms in total. The highest BCUT2D eigenvalue weighted by Gasteiger charge is 2.22. The highest BCUT2D eigenvalue weighted by molar-refractivity contribution is 6.00. The first-order valence-corrected chi connectivity index (χ1v) is 5.67. The van der Waals surface area contributed by atoms with Crippen molar-refractivity contribution in [2.24, 2.45) is 16.8 Å². The largest absolute Gasteiger partial charge is 0.508 e. The summed E-state index contributed by atoms with van der Waals surface area (Å²) in [6.45, 7) is 3.57. The van der Waals surface area contributed by atoms with Gasteiger partial charge in [-0.25, -0.2) is 0 Å². The van der Waals surface area contributed by atoms with Gasteiger partial charge in [0.25, 0.3) is 5.91 Å². The Morgan fingerprint density at radius 2 is 2.00 bits per heavy atom. The first-order valence-electron chi connectivity index (χ1n) is 5.67. The molecule has 1 aromatic rings. The Labute approximate surface area is 110 Å². The van der Waals surface area contributed by atoms with Crippen molar-refractivity contribution in [2.75, 3.05) is 0 Å². The molecule has 104 valence electrons. The molecule has 6 N–H and O–H groups in total. The number of carbonyl (C=O) groups excluding carboxylic acids is 1. The van der Waals surface area contributed by atoms with Crippen LogP contribution in [0.2, 0.25) is 0 Å². The number of hydrogen-bond acceptors (Lipinski definition) is 5. The summed E-state index contributed by atoms with van der Waals surface area (Å²) in [7, 11) is 0. The number of phenols is 2. The van der Waals surface area contributed by atoms with E-state index in [9.17, 15) is 15.0 Å². The second kappa shape index (κ2) is 5.94. The summed E-state index contributed by atoms with van der Waals surface area (Å²) in [4.78, 5) is 12.0. The predicted octanol–water partition coefficient (Wildman–Crippen LogP) is 0.599. The maximum atomic E-state index is 12.0. The molecule has 0 fully saturated rings. The van der Waals surface area contributed by atoms with E-state index in [0.717, 1.165) is 6.07 Å². The number of amidine groups is 1. The molecule has 7 heteroatoms. The lowest BCUT2D eigenvalue weighted by Gasteiger charge is -2.21. The normalized spacial score (nSPS) is 13.3. The molecule has 0 aliphatic rings. The van der Waals surface area contributed by atoms with Crippen molar-refractivity contribution in [2.45, 2.75) is 19.9 Å². The van der Waals surface area contributed by atoms with Gasteiger partial charge in [0.1, 0.15) is 11.5 Å². The Kier molecular flexibility index (Phi) is 4.57. The van der Waals surface area contributed by atoms with Crippen molar-refractivity contribution in [3.63, 3.8) is 0 Å². The minimum atomic E-state index is -0.681. The standard InChI is InChI=1S/C12H17N3O4/c1-6(2)10(11(13)15-19)14-12(18)8-5-7(16)3-4-9(8)17/h3-6,10,16-17,19H,1-2H3,(H2,13,15)(H,14,18). The number of phenolic OH excluding ortho intramolecular Hbond substituents is 2. The number of nitrogens with one attached hydrogen (secondary N) is 1. The topological polar surface area (TPSA) is 128 Å². The van der Waals surface area contributed by atoms with Gasteiger partial charge in [-0.15, -0.1) is 0 Å². The van der Waals surface area contributed by atoms with E-state index in [-0.39, 0.29) is 28.8 Å². The highest BCUT2D eigenvalue weighted by Crippen LogP contribution is 2.22. The molecule has 0 radical (unpaired) electrons. The number of nitrogens with two attached hydrogens (primary N) is 1. The lowest BCUT2D eigenvalue weighted by Crippen LogP contribution is -2.47. The average molecular weight is 267 g/mol. The molecule has 1 unspecified atom stereocenters. The van der Waals surface area contributed by atoms with Crippen molar-refractivity contribution >= 4 is 11.7 Å². The van der Waals surface area contributed by atoms with Crippen LogP contribution in [0, 0.1) is 5.92 Å². The number of hydrogen-bond donors (Lipinski definition) is 5. The van der Waals surface area contributed by atoms with Crippen LogP contribution in [0.25, 0.3) is 0 Å². The van der Waals surface area contributed by atoms with Crippen LogP contribution in [0.4, 0.5) is 0 Å². The first kappa shape index (κ1) is 14.6. The van der Waals surface area contributed by atoms with Gasteiger partial charge in [-0.2, -0.15) is 0 Å². The van der Waals surface area contributed by atoms with Gasteiger partial charge in [0.2, 0.25) is 0 Å². The second-order valence-corrected chi connectivity index (χ2v) is 4.42. The zero-order valence-corrected chi connectivity index (χ0v) is 10.7. The Morgan fingerprint density at radius 3 is 2.53 bits per heavy atom. The number of amides is 1. The minimum absolute atomic E-state index is 0.0867. The van der Waals surface area contributed by atoms with Gasteiger partial charge in [-0.3, -0.25) is 4.79 Å². The van der Waals surface area contributed by atoms with E-state index in [4.69, 9.17) is 10.9 Å². The van der Waals surface area contributed by atoms with Crippen molar-refractivity contribution in [1.29, 1.82) is 0 Å². The summed E-state index contributed by atoms with van der Waals surface area (Å²) >= 11 is 0. The number of oxime groups is 1. The van der Waals surface area contributed by atoms with Crippen LogP contribution in [0.5, 0.6) is 11.5 Å². The first-order chi connectivity index (χ1) is 8.86. The van der Waals surface area contributed by atoms with Gasteiger partial charge in [-0.1, -0.05) is 19.0 Å². The van der Waals surface area contributed by atoms with E-state index < -0.39 is 11.9 Å².